The van der Waals surface area contributed by atoms with Crippen LogP contribution in [0.25, 0.3) is 0 Å². The number of halogens is 3. The third kappa shape index (κ3) is 3.49. The van der Waals surface area contributed by atoms with Crippen molar-refractivity contribution in [2.75, 3.05) is 19.6 Å². The molecule has 112 valence electrons. The minimum atomic E-state index is -4.61. The van der Waals surface area contributed by atoms with E-state index in [1.807, 2.05) is 18.2 Å². The SMILES string of the molecule is C[C@@](O)(CN1CCC[C@H](c2ccccn2)C1)C(F)(F)F. The van der Waals surface area contributed by atoms with Crippen LogP contribution in [0.4, 0.5) is 13.2 Å². The number of likely N-dealkylation sites (tertiary alicyclic amines) is 1. The van der Waals surface area contributed by atoms with Crippen LogP contribution in [0.5, 0.6) is 0 Å². The summed E-state index contributed by atoms with van der Waals surface area (Å²) in [6.45, 7) is 1.52. The predicted octanol–water partition coefficient (Wildman–Crippen LogP) is 2.57. The number of β-amino-alcohol motifs (C(OH)–C–C–N with tert-alkyl or cyclic N) is 1. The molecule has 3 nitrogen and oxygen atoms in total. The molecule has 2 rings (SSSR count). The molecule has 2 atom stereocenters. The van der Waals surface area contributed by atoms with Gasteiger partial charge < -0.3 is 5.11 Å². The molecule has 0 aromatic carbocycles. The minimum absolute atomic E-state index is 0.133. The van der Waals surface area contributed by atoms with E-state index < -0.39 is 11.8 Å². The lowest BCUT2D eigenvalue weighted by Gasteiger charge is -2.37. The van der Waals surface area contributed by atoms with Crippen molar-refractivity contribution < 1.29 is 18.3 Å². The van der Waals surface area contributed by atoms with Gasteiger partial charge in [0.2, 0.25) is 0 Å². The number of nitrogens with zero attached hydrogens (tertiary/aromatic N) is 2. The Hall–Kier alpha value is -1.14. The van der Waals surface area contributed by atoms with E-state index in [9.17, 15) is 18.3 Å². The van der Waals surface area contributed by atoms with E-state index in [1.54, 1.807) is 11.1 Å². The molecule has 0 spiro atoms. The van der Waals surface area contributed by atoms with E-state index in [1.165, 1.54) is 0 Å². The summed E-state index contributed by atoms with van der Waals surface area (Å²) in [4.78, 5) is 5.95. The van der Waals surface area contributed by atoms with E-state index in [4.69, 9.17) is 0 Å². The highest BCUT2D eigenvalue weighted by molar-refractivity contribution is 5.11. The lowest BCUT2D eigenvalue weighted by Crippen LogP contribution is -2.53. The van der Waals surface area contributed by atoms with Crippen LogP contribution < -0.4 is 0 Å². The molecule has 0 radical (unpaired) electrons. The van der Waals surface area contributed by atoms with Crippen molar-refractivity contribution >= 4 is 0 Å². The maximum absolute atomic E-state index is 12.7. The molecular weight excluding hydrogens is 269 g/mol. The van der Waals surface area contributed by atoms with Crippen LogP contribution in [0.15, 0.2) is 24.4 Å². The number of alkyl halides is 3. The molecule has 2 heterocycles. The van der Waals surface area contributed by atoms with Gasteiger partial charge in [0.25, 0.3) is 0 Å². The van der Waals surface area contributed by atoms with Gasteiger partial charge in [-0.1, -0.05) is 6.07 Å². The number of hydrogen-bond donors (Lipinski definition) is 1. The van der Waals surface area contributed by atoms with Crippen LogP contribution in [0.3, 0.4) is 0 Å². The third-order valence-corrected chi connectivity index (χ3v) is 3.75. The summed E-state index contributed by atoms with van der Waals surface area (Å²) in [5.41, 5.74) is -1.76. The molecule has 1 aromatic heterocycles. The summed E-state index contributed by atoms with van der Waals surface area (Å²) < 4.78 is 38.2. The van der Waals surface area contributed by atoms with Crippen LogP contribution in [-0.4, -0.2) is 46.4 Å². The maximum atomic E-state index is 12.7. The monoisotopic (exact) mass is 288 g/mol. The van der Waals surface area contributed by atoms with Crippen molar-refractivity contribution in [3.8, 4) is 0 Å². The van der Waals surface area contributed by atoms with E-state index >= 15 is 0 Å². The fourth-order valence-corrected chi connectivity index (χ4v) is 2.58. The van der Waals surface area contributed by atoms with Gasteiger partial charge in [-0.3, -0.25) is 9.88 Å². The van der Waals surface area contributed by atoms with Crippen molar-refractivity contribution in [1.82, 2.24) is 9.88 Å². The Morgan fingerprint density at radius 1 is 1.40 bits per heavy atom. The summed E-state index contributed by atoms with van der Waals surface area (Å²) in [5, 5.41) is 9.58. The first-order valence-electron chi connectivity index (χ1n) is 6.72. The number of piperidine rings is 1. The lowest BCUT2D eigenvalue weighted by atomic mass is 9.93. The Kier molecular flexibility index (Phi) is 4.34. The highest BCUT2D eigenvalue weighted by atomic mass is 19.4. The molecule has 0 bridgehead atoms. The van der Waals surface area contributed by atoms with Crippen molar-refractivity contribution in [3.63, 3.8) is 0 Å². The molecule has 1 fully saturated rings. The zero-order valence-corrected chi connectivity index (χ0v) is 11.4. The largest absolute Gasteiger partial charge is 0.418 e. The predicted molar refractivity (Wildman–Crippen MR) is 69.3 cm³/mol. The molecule has 0 aliphatic carbocycles. The highest BCUT2D eigenvalue weighted by Crippen LogP contribution is 2.33. The molecule has 0 saturated carbocycles. The van der Waals surface area contributed by atoms with Gasteiger partial charge in [-0.25, -0.2) is 0 Å². The number of pyridine rings is 1. The third-order valence-electron chi connectivity index (χ3n) is 3.75. The van der Waals surface area contributed by atoms with E-state index in [-0.39, 0.29) is 12.5 Å². The molecule has 1 N–H and O–H groups in total. The molecule has 1 aliphatic heterocycles. The standard InChI is InChI=1S/C14H19F3N2O/c1-13(20,14(15,16)17)10-19-8-4-5-11(9-19)12-6-2-3-7-18-12/h2-3,6-7,11,20H,4-5,8-10H2,1H3/t11-,13+/m0/s1. The van der Waals surface area contributed by atoms with Crippen molar-refractivity contribution in [2.45, 2.75) is 37.5 Å². The normalized spacial score (nSPS) is 24.4. The Morgan fingerprint density at radius 3 is 2.75 bits per heavy atom. The second-order valence-corrected chi connectivity index (χ2v) is 5.60. The number of hydrogen-bond acceptors (Lipinski definition) is 3. The van der Waals surface area contributed by atoms with Crippen molar-refractivity contribution in [2.24, 2.45) is 0 Å². The van der Waals surface area contributed by atoms with E-state index in [0.29, 0.717) is 13.1 Å². The van der Waals surface area contributed by atoms with Gasteiger partial charge in [0.1, 0.15) is 0 Å². The summed E-state index contributed by atoms with van der Waals surface area (Å²) in [7, 11) is 0. The molecule has 1 aromatic rings. The highest BCUT2D eigenvalue weighted by Gasteiger charge is 2.50. The first-order chi connectivity index (χ1) is 9.29. The Labute approximate surface area is 116 Å². The smallest absolute Gasteiger partial charge is 0.380 e. The zero-order chi connectivity index (χ0) is 14.8. The Morgan fingerprint density at radius 2 is 2.15 bits per heavy atom. The van der Waals surface area contributed by atoms with Gasteiger partial charge in [-0.2, -0.15) is 13.2 Å². The molecule has 20 heavy (non-hydrogen) atoms. The molecule has 6 heteroatoms. The van der Waals surface area contributed by atoms with Crippen LogP contribution in [0.1, 0.15) is 31.4 Å². The van der Waals surface area contributed by atoms with Gasteiger partial charge >= 0.3 is 6.18 Å². The van der Waals surface area contributed by atoms with Gasteiger partial charge in [0.15, 0.2) is 5.60 Å². The number of rotatable bonds is 3. The van der Waals surface area contributed by atoms with Crippen molar-refractivity contribution in [1.29, 1.82) is 0 Å². The molecule has 0 unspecified atom stereocenters. The second kappa shape index (κ2) is 5.69. The average molecular weight is 288 g/mol. The molecular formula is C14H19F3N2O. The van der Waals surface area contributed by atoms with Gasteiger partial charge in [0.05, 0.1) is 0 Å². The lowest BCUT2D eigenvalue weighted by molar-refractivity contribution is -0.258. The summed E-state index contributed by atoms with van der Waals surface area (Å²) in [5.74, 6) is 0.133. The number of aliphatic hydroxyl groups is 1. The summed E-state index contributed by atoms with van der Waals surface area (Å²) in [6, 6.07) is 5.60. The molecule has 0 amide bonds. The second-order valence-electron chi connectivity index (χ2n) is 5.60. The fourth-order valence-electron chi connectivity index (χ4n) is 2.58. The van der Waals surface area contributed by atoms with Crippen LogP contribution in [0, 0.1) is 0 Å². The Bertz CT molecular complexity index is 434. The maximum Gasteiger partial charge on any atom is 0.418 e. The van der Waals surface area contributed by atoms with Crippen molar-refractivity contribution in [3.05, 3.63) is 30.1 Å². The van der Waals surface area contributed by atoms with Gasteiger partial charge in [0, 0.05) is 30.9 Å². The summed E-state index contributed by atoms with van der Waals surface area (Å²) in [6.07, 6.45) is -1.18. The van der Waals surface area contributed by atoms with E-state index in [2.05, 4.69) is 4.98 Å². The van der Waals surface area contributed by atoms with Crippen LogP contribution >= 0.6 is 0 Å². The fraction of sp³-hybridized carbons (Fsp3) is 0.643. The first kappa shape index (κ1) is 15.3. The quantitative estimate of drug-likeness (QED) is 0.928. The average Bonchev–Trinajstić information content (AvgIpc) is 2.38. The number of aromatic nitrogens is 1. The topological polar surface area (TPSA) is 36.4 Å². The van der Waals surface area contributed by atoms with E-state index in [0.717, 1.165) is 25.5 Å². The molecule has 1 aliphatic rings. The zero-order valence-electron chi connectivity index (χ0n) is 11.4. The van der Waals surface area contributed by atoms with Crippen LogP contribution in [-0.2, 0) is 0 Å². The van der Waals surface area contributed by atoms with Crippen LogP contribution in [0.2, 0.25) is 0 Å². The Balaban J connectivity index is 2.01. The molecule has 1 saturated heterocycles. The summed E-state index contributed by atoms with van der Waals surface area (Å²) >= 11 is 0. The van der Waals surface area contributed by atoms with Gasteiger partial charge in [-0.05, 0) is 38.4 Å². The first-order valence-corrected chi connectivity index (χ1v) is 6.72. The van der Waals surface area contributed by atoms with Gasteiger partial charge in [-0.15, -0.1) is 0 Å². The minimum Gasteiger partial charge on any atom is -0.380 e.